The number of anilines is 1. The number of aryl methyl sites for hydroxylation is 1. The summed E-state index contributed by atoms with van der Waals surface area (Å²) >= 11 is 0. The molecule has 1 unspecified atom stereocenters. The smallest absolute Gasteiger partial charge is 0.163 e. The number of likely N-dealkylation sites (N-methyl/N-ethyl adjacent to an activating group) is 1. The van der Waals surface area contributed by atoms with E-state index in [4.69, 9.17) is 4.98 Å². The van der Waals surface area contributed by atoms with Crippen molar-refractivity contribution < 1.29 is 0 Å². The molecule has 122 valence electrons. The number of nitrogens with zero attached hydrogens (tertiary/aromatic N) is 5. The molecule has 3 heterocycles. The number of aromatic nitrogens is 3. The van der Waals surface area contributed by atoms with Gasteiger partial charge in [0.25, 0.3) is 0 Å². The lowest BCUT2D eigenvalue weighted by Gasteiger charge is -2.43. The molecule has 0 aromatic carbocycles. The van der Waals surface area contributed by atoms with Gasteiger partial charge >= 0.3 is 0 Å². The Morgan fingerprint density at radius 1 is 1.22 bits per heavy atom. The molecule has 2 aromatic rings. The predicted octanol–water partition coefficient (Wildman–Crippen LogP) is 2.62. The minimum Gasteiger partial charge on any atom is -0.351 e. The first kappa shape index (κ1) is 15.9. The highest BCUT2D eigenvalue weighted by molar-refractivity contribution is 5.57. The van der Waals surface area contributed by atoms with Crippen LogP contribution >= 0.6 is 0 Å². The molecular weight excluding hydrogens is 286 g/mol. The second-order valence-electron chi connectivity index (χ2n) is 6.70. The van der Waals surface area contributed by atoms with Gasteiger partial charge in [-0.05, 0) is 32.0 Å². The highest BCUT2D eigenvalue weighted by Gasteiger charge is 2.29. The first-order valence-corrected chi connectivity index (χ1v) is 8.26. The van der Waals surface area contributed by atoms with Crippen LogP contribution in [0.4, 0.5) is 5.82 Å². The molecule has 0 aliphatic carbocycles. The third kappa shape index (κ3) is 3.50. The Balaban J connectivity index is 1.97. The summed E-state index contributed by atoms with van der Waals surface area (Å²) in [6, 6.07) is 6.51. The minimum absolute atomic E-state index is 0.477. The maximum atomic E-state index is 4.84. The van der Waals surface area contributed by atoms with Gasteiger partial charge in [0, 0.05) is 55.4 Å². The molecule has 5 heteroatoms. The molecule has 1 atom stereocenters. The molecule has 2 aromatic heterocycles. The first-order chi connectivity index (χ1) is 11.0. The summed E-state index contributed by atoms with van der Waals surface area (Å²) in [5, 5.41) is 0. The number of hydrogen-bond donors (Lipinski definition) is 0. The van der Waals surface area contributed by atoms with Gasteiger partial charge in [-0.2, -0.15) is 0 Å². The van der Waals surface area contributed by atoms with Gasteiger partial charge in [0.1, 0.15) is 5.82 Å². The molecule has 3 rings (SSSR count). The van der Waals surface area contributed by atoms with Crippen molar-refractivity contribution in [3.63, 3.8) is 0 Å². The van der Waals surface area contributed by atoms with E-state index >= 15 is 0 Å². The predicted molar refractivity (Wildman–Crippen MR) is 93.5 cm³/mol. The second-order valence-corrected chi connectivity index (χ2v) is 6.70. The maximum Gasteiger partial charge on any atom is 0.163 e. The Morgan fingerprint density at radius 3 is 2.74 bits per heavy atom. The molecule has 1 saturated heterocycles. The summed E-state index contributed by atoms with van der Waals surface area (Å²) in [5.74, 6) is 2.37. The van der Waals surface area contributed by atoms with Gasteiger partial charge in [-0.15, -0.1) is 0 Å². The van der Waals surface area contributed by atoms with Crippen LogP contribution in [-0.4, -0.2) is 52.6 Å². The van der Waals surface area contributed by atoms with E-state index in [1.807, 2.05) is 25.3 Å². The molecule has 1 fully saturated rings. The zero-order valence-electron chi connectivity index (χ0n) is 14.4. The van der Waals surface area contributed by atoms with E-state index in [1.54, 1.807) is 6.20 Å². The lowest BCUT2D eigenvalue weighted by molar-refractivity contribution is 0.236. The van der Waals surface area contributed by atoms with Crippen LogP contribution in [-0.2, 0) is 0 Å². The largest absolute Gasteiger partial charge is 0.351 e. The normalized spacial score (nSPS) is 19.3. The van der Waals surface area contributed by atoms with Crippen LogP contribution in [0.25, 0.3) is 11.4 Å². The third-order valence-corrected chi connectivity index (χ3v) is 4.45. The van der Waals surface area contributed by atoms with Crippen molar-refractivity contribution in [3.05, 3.63) is 36.3 Å². The summed E-state index contributed by atoms with van der Waals surface area (Å²) < 4.78 is 0. The Bertz CT molecular complexity index is 656. The Kier molecular flexibility index (Phi) is 4.57. The minimum atomic E-state index is 0.477. The average Bonchev–Trinajstić information content (AvgIpc) is 2.55. The van der Waals surface area contributed by atoms with E-state index in [1.165, 1.54) is 0 Å². The Labute approximate surface area is 138 Å². The fourth-order valence-electron chi connectivity index (χ4n) is 3.13. The summed E-state index contributed by atoms with van der Waals surface area (Å²) in [6.07, 6.45) is 3.60. The van der Waals surface area contributed by atoms with Crippen molar-refractivity contribution in [3.8, 4) is 11.4 Å². The van der Waals surface area contributed by atoms with Gasteiger partial charge in [0.15, 0.2) is 5.82 Å². The van der Waals surface area contributed by atoms with Crippen LogP contribution in [0.1, 0.15) is 19.5 Å². The van der Waals surface area contributed by atoms with Gasteiger partial charge < -0.3 is 9.80 Å². The van der Waals surface area contributed by atoms with Crippen molar-refractivity contribution in [1.82, 2.24) is 19.9 Å². The van der Waals surface area contributed by atoms with E-state index < -0.39 is 0 Å². The van der Waals surface area contributed by atoms with Crippen molar-refractivity contribution in [2.24, 2.45) is 5.92 Å². The highest BCUT2D eigenvalue weighted by atomic mass is 15.3. The monoisotopic (exact) mass is 311 g/mol. The average molecular weight is 311 g/mol. The van der Waals surface area contributed by atoms with Gasteiger partial charge in [-0.25, -0.2) is 9.97 Å². The number of rotatable bonds is 3. The number of piperazine rings is 1. The van der Waals surface area contributed by atoms with Crippen LogP contribution in [0.15, 0.2) is 30.6 Å². The van der Waals surface area contributed by atoms with E-state index in [9.17, 15) is 0 Å². The topological polar surface area (TPSA) is 45.2 Å². The third-order valence-electron chi connectivity index (χ3n) is 4.45. The SMILES string of the molecule is Cc1cc(N2CCN(C)CC2C(C)C)nc(-c2cccnc2)n1. The molecular formula is C18H25N5. The van der Waals surface area contributed by atoms with E-state index in [-0.39, 0.29) is 0 Å². The summed E-state index contributed by atoms with van der Waals surface area (Å²) in [7, 11) is 2.19. The highest BCUT2D eigenvalue weighted by Crippen LogP contribution is 2.25. The molecule has 1 aliphatic heterocycles. The van der Waals surface area contributed by atoms with Gasteiger partial charge in [0.2, 0.25) is 0 Å². The van der Waals surface area contributed by atoms with E-state index in [0.29, 0.717) is 12.0 Å². The van der Waals surface area contributed by atoms with E-state index in [0.717, 1.165) is 42.5 Å². The fourth-order valence-corrected chi connectivity index (χ4v) is 3.13. The maximum absolute atomic E-state index is 4.84. The molecule has 1 aliphatic rings. The molecule has 0 amide bonds. The lowest BCUT2D eigenvalue weighted by Crippen LogP contribution is -2.54. The molecule has 5 nitrogen and oxygen atoms in total. The first-order valence-electron chi connectivity index (χ1n) is 8.26. The second kappa shape index (κ2) is 6.62. The van der Waals surface area contributed by atoms with E-state index in [2.05, 4.69) is 46.7 Å². The van der Waals surface area contributed by atoms with Gasteiger partial charge in [-0.1, -0.05) is 13.8 Å². The standard InChI is InChI=1S/C18H25N5/c1-13(2)16-12-22(4)8-9-23(16)17-10-14(3)20-18(21-17)15-6-5-7-19-11-15/h5-7,10-11,13,16H,8-9,12H2,1-4H3. The van der Waals surface area contributed by atoms with Crippen LogP contribution in [0.3, 0.4) is 0 Å². The lowest BCUT2D eigenvalue weighted by atomic mass is 9.99. The Hall–Kier alpha value is -2.01. The molecule has 0 saturated carbocycles. The van der Waals surface area contributed by atoms with Crippen molar-refractivity contribution in [2.75, 3.05) is 31.6 Å². The molecule has 0 bridgehead atoms. The summed E-state index contributed by atoms with van der Waals surface area (Å²) in [5.41, 5.74) is 1.96. The quantitative estimate of drug-likeness (QED) is 0.872. The molecule has 0 spiro atoms. The summed E-state index contributed by atoms with van der Waals surface area (Å²) in [4.78, 5) is 18.5. The number of pyridine rings is 1. The molecule has 0 N–H and O–H groups in total. The van der Waals surface area contributed by atoms with Crippen LogP contribution in [0.5, 0.6) is 0 Å². The molecule has 0 radical (unpaired) electrons. The van der Waals surface area contributed by atoms with Crippen LogP contribution in [0.2, 0.25) is 0 Å². The molecule has 23 heavy (non-hydrogen) atoms. The fraction of sp³-hybridized carbons (Fsp3) is 0.500. The summed E-state index contributed by atoms with van der Waals surface area (Å²) in [6.45, 7) is 9.74. The van der Waals surface area contributed by atoms with Crippen LogP contribution < -0.4 is 4.90 Å². The zero-order chi connectivity index (χ0) is 16.4. The van der Waals surface area contributed by atoms with Crippen LogP contribution in [0, 0.1) is 12.8 Å². The van der Waals surface area contributed by atoms with Gasteiger partial charge in [-0.3, -0.25) is 4.98 Å². The van der Waals surface area contributed by atoms with Crippen molar-refractivity contribution >= 4 is 5.82 Å². The van der Waals surface area contributed by atoms with Crippen molar-refractivity contribution in [1.29, 1.82) is 0 Å². The van der Waals surface area contributed by atoms with Gasteiger partial charge in [0.05, 0.1) is 0 Å². The number of hydrogen-bond acceptors (Lipinski definition) is 5. The zero-order valence-corrected chi connectivity index (χ0v) is 14.4. The van der Waals surface area contributed by atoms with Crippen molar-refractivity contribution in [2.45, 2.75) is 26.8 Å². The Morgan fingerprint density at radius 2 is 2.04 bits per heavy atom.